The summed E-state index contributed by atoms with van der Waals surface area (Å²) < 4.78 is 4.59. The van der Waals surface area contributed by atoms with Crippen LogP contribution in [-0.2, 0) is 14.3 Å². The van der Waals surface area contributed by atoms with Crippen LogP contribution in [0.4, 0.5) is 0 Å². The molecule has 0 unspecified atom stereocenters. The first-order valence-electron chi connectivity index (χ1n) is 3.83. The van der Waals surface area contributed by atoms with Crippen molar-refractivity contribution in [1.29, 1.82) is 0 Å². The Morgan fingerprint density at radius 3 is 2.23 bits per heavy atom. The number of hydrogen-bond acceptors (Lipinski definition) is 4. The number of amides is 1. The first-order chi connectivity index (χ1) is 5.99. The van der Waals surface area contributed by atoms with Crippen LogP contribution in [0.25, 0.3) is 0 Å². The highest BCUT2D eigenvalue weighted by molar-refractivity contribution is 5.93. The minimum absolute atomic E-state index is 0.190. The maximum atomic E-state index is 11.1. The molecule has 0 aromatic carbocycles. The number of ether oxygens (including phenoxy) is 1. The Balaban J connectivity index is 4.54. The van der Waals surface area contributed by atoms with E-state index in [-0.39, 0.29) is 18.1 Å². The van der Waals surface area contributed by atoms with E-state index in [1.807, 2.05) is 0 Å². The normalized spacial score (nSPS) is 11.6. The van der Waals surface area contributed by atoms with E-state index in [1.165, 1.54) is 13.8 Å². The third-order valence-corrected chi connectivity index (χ3v) is 1.14. The SMILES string of the molecule is CCOC(=O)C(NC(C)=O)=C(C)O. The molecule has 0 heterocycles. The van der Waals surface area contributed by atoms with Gasteiger partial charge in [0.1, 0.15) is 5.76 Å². The summed E-state index contributed by atoms with van der Waals surface area (Å²) in [7, 11) is 0. The molecule has 0 aliphatic heterocycles. The van der Waals surface area contributed by atoms with Gasteiger partial charge in [0.05, 0.1) is 6.61 Å². The highest BCUT2D eigenvalue weighted by Gasteiger charge is 2.14. The van der Waals surface area contributed by atoms with Crippen molar-refractivity contribution < 1.29 is 19.4 Å². The van der Waals surface area contributed by atoms with Gasteiger partial charge in [-0.15, -0.1) is 0 Å². The van der Waals surface area contributed by atoms with Crippen LogP contribution in [0.2, 0.25) is 0 Å². The molecule has 0 radical (unpaired) electrons. The second kappa shape index (κ2) is 5.18. The van der Waals surface area contributed by atoms with Crippen molar-refractivity contribution in [3.05, 3.63) is 11.5 Å². The van der Waals surface area contributed by atoms with Crippen LogP contribution in [0, 0.1) is 0 Å². The number of aliphatic hydroxyl groups excluding tert-OH is 1. The number of esters is 1. The molecule has 13 heavy (non-hydrogen) atoms. The number of carbonyl (C=O) groups excluding carboxylic acids is 2. The average Bonchev–Trinajstić information content (AvgIpc) is 1.99. The van der Waals surface area contributed by atoms with E-state index in [9.17, 15) is 9.59 Å². The van der Waals surface area contributed by atoms with Gasteiger partial charge < -0.3 is 15.2 Å². The van der Waals surface area contributed by atoms with Crippen LogP contribution in [0.5, 0.6) is 0 Å². The lowest BCUT2D eigenvalue weighted by molar-refractivity contribution is -0.140. The minimum atomic E-state index is -0.738. The highest BCUT2D eigenvalue weighted by Crippen LogP contribution is 1.99. The number of carbonyl (C=O) groups is 2. The molecule has 0 aromatic rings. The number of rotatable bonds is 3. The monoisotopic (exact) mass is 187 g/mol. The van der Waals surface area contributed by atoms with Gasteiger partial charge in [0.25, 0.3) is 0 Å². The summed E-state index contributed by atoms with van der Waals surface area (Å²) in [5.74, 6) is -1.44. The second-order valence-corrected chi connectivity index (χ2v) is 2.36. The lowest BCUT2D eigenvalue weighted by Crippen LogP contribution is -2.27. The molecule has 0 aliphatic rings. The molecule has 74 valence electrons. The third kappa shape index (κ3) is 4.15. The lowest BCUT2D eigenvalue weighted by atomic mass is 10.3. The van der Waals surface area contributed by atoms with Gasteiger partial charge in [-0.1, -0.05) is 0 Å². The van der Waals surface area contributed by atoms with Crippen LogP contribution >= 0.6 is 0 Å². The number of hydrogen-bond donors (Lipinski definition) is 2. The molecule has 0 rings (SSSR count). The average molecular weight is 187 g/mol. The standard InChI is InChI=1S/C8H13NO4/c1-4-13-8(12)7(5(2)10)9-6(3)11/h10H,4H2,1-3H3,(H,9,11). The Hall–Kier alpha value is -1.52. The van der Waals surface area contributed by atoms with Crippen molar-refractivity contribution in [3.63, 3.8) is 0 Å². The van der Waals surface area contributed by atoms with Crippen molar-refractivity contribution >= 4 is 11.9 Å². The van der Waals surface area contributed by atoms with Crippen molar-refractivity contribution in [3.8, 4) is 0 Å². The first-order valence-corrected chi connectivity index (χ1v) is 3.83. The molecule has 0 atom stereocenters. The Kier molecular flexibility index (Phi) is 4.58. The van der Waals surface area contributed by atoms with Gasteiger partial charge in [-0.3, -0.25) is 4.79 Å². The molecular formula is C8H13NO4. The van der Waals surface area contributed by atoms with Crippen molar-refractivity contribution in [2.75, 3.05) is 6.61 Å². The van der Waals surface area contributed by atoms with Gasteiger partial charge in [0, 0.05) is 6.92 Å². The van der Waals surface area contributed by atoms with E-state index in [2.05, 4.69) is 10.1 Å². The largest absolute Gasteiger partial charge is 0.510 e. The Labute approximate surface area is 76.4 Å². The summed E-state index contributed by atoms with van der Waals surface area (Å²) >= 11 is 0. The fourth-order valence-electron chi connectivity index (χ4n) is 0.668. The third-order valence-electron chi connectivity index (χ3n) is 1.14. The van der Waals surface area contributed by atoms with Crippen LogP contribution in [0.3, 0.4) is 0 Å². The van der Waals surface area contributed by atoms with Gasteiger partial charge >= 0.3 is 5.97 Å². The molecule has 0 saturated carbocycles. The topological polar surface area (TPSA) is 75.6 Å². The lowest BCUT2D eigenvalue weighted by Gasteiger charge is -2.07. The maximum absolute atomic E-state index is 11.1. The van der Waals surface area contributed by atoms with Gasteiger partial charge in [-0.25, -0.2) is 4.79 Å². The zero-order valence-electron chi connectivity index (χ0n) is 7.88. The predicted octanol–water partition coefficient (Wildman–Crippen LogP) is 0.475. The number of allylic oxidation sites excluding steroid dienone is 1. The van der Waals surface area contributed by atoms with E-state index in [0.717, 1.165) is 0 Å². The molecule has 0 aliphatic carbocycles. The van der Waals surface area contributed by atoms with E-state index >= 15 is 0 Å². The van der Waals surface area contributed by atoms with Crippen molar-refractivity contribution in [1.82, 2.24) is 5.32 Å². The molecule has 0 saturated heterocycles. The molecule has 5 nitrogen and oxygen atoms in total. The fourth-order valence-corrected chi connectivity index (χ4v) is 0.668. The predicted molar refractivity (Wildman–Crippen MR) is 45.8 cm³/mol. The first kappa shape index (κ1) is 11.5. The molecule has 1 amide bonds. The summed E-state index contributed by atoms with van der Waals surface area (Å²) in [6.45, 7) is 4.36. The van der Waals surface area contributed by atoms with Gasteiger partial charge in [0.2, 0.25) is 5.91 Å². The summed E-state index contributed by atoms with van der Waals surface area (Å²) in [5.41, 5.74) is -0.214. The van der Waals surface area contributed by atoms with E-state index < -0.39 is 11.9 Å². The van der Waals surface area contributed by atoms with Gasteiger partial charge in [0.15, 0.2) is 5.70 Å². The maximum Gasteiger partial charge on any atom is 0.358 e. The minimum Gasteiger partial charge on any atom is -0.510 e. The summed E-state index contributed by atoms with van der Waals surface area (Å²) in [4.78, 5) is 21.7. The molecule has 5 heteroatoms. The fraction of sp³-hybridized carbons (Fsp3) is 0.500. The van der Waals surface area contributed by atoms with Crippen LogP contribution in [-0.4, -0.2) is 23.6 Å². The molecule has 0 aromatic heterocycles. The highest BCUT2D eigenvalue weighted by atomic mass is 16.5. The Morgan fingerprint density at radius 2 is 1.92 bits per heavy atom. The number of aliphatic hydroxyl groups is 1. The summed E-state index contributed by atoms with van der Waals surface area (Å²) in [5, 5.41) is 11.2. The van der Waals surface area contributed by atoms with Crippen molar-refractivity contribution in [2.24, 2.45) is 0 Å². The zero-order valence-corrected chi connectivity index (χ0v) is 7.88. The Morgan fingerprint density at radius 1 is 1.38 bits per heavy atom. The zero-order chi connectivity index (χ0) is 10.4. The van der Waals surface area contributed by atoms with E-state index in [0.29, 0.717) is 0 Å². The van der Waals surface area contributed by atoms with Crippen LogP contribution in [0.15, 0.2) is 11.5 Å². The summed E-state index contributed by atoms with van der Waals surface area (Å²) in [6, 6.07) is 0. The molecular weight excluding hydrogens is 174 g/mol. The molecule has 0 fully saturated rings. The smallest absolute Gasteiger partial charge is 0.358 e. The second-order valence-electron chi connectivity index (χ2n) is 2.36. The van der Waals surface area contributed by atoms with Crippen LogP contribution in [0.1, 0.15) is 20.8 Å². The molecule has 0 spiro atoms. The van der Waals surface area contributed by atoms with Crippen LogP contribution < -0.4 is 5.32 Å². The van der Waals surface area contributed by atoms with E-state index in [1.54, 1.807) is 6.92 Å². The number of nitrogens with one attached hydrogen (secondary N) is 1. The molecule has 2 N–H and O–H groups in total. The molecule has 0 bridgehead atoms. The van der Waals surface area contributed by atoms with E-state index in [4.69, 9.17) is 5.11 Å². The summed E-state index contributed by atoms with van der Waals surface area (Å²) in [6.07, 6.45) is 0. The van der Waals surface area contributed by atoms with Gasteiger partial charge in [-0.05, 0) is 13.8 Å². The Bertz CT molecular complexity index is 241. The quantitative estimate of drug-likeness (QED) is 0.382. The van der Waals surface area contributed by atoms with Crippen molar-refractivity contribution in [2.45, 2.75) is 20.8 Å². The van der Waals surface area contributed by atoms with Gasteiger partial charge in [-0.2, -0.15) is 0 Å².